The van der Waals surface area contributed by atoms with Gasteiger partial charge >= 0.3 is 5.97 Å². The molecule has 11 heavy (non-hydrogen) atoms. The fourth-order valence-corrected chi connectivity index (χ4v) is 0.460. The zero-order valence-corrected chi connectivity index (χ0v) is 7.13. The largest absolute Gasteiger partial charge is 0.460 e. The molecule has 1 N–H and O–H groups in total. The summed E-state index contributed by atoms with van der Waals surface area (Å²) in [5.41, 5.74) is 0.0960. The van der Waals surface area contributed by atoms with E-state index in [9.17, 15) is 4.79 Å². The molecule has 0 saturated heterocycles. The van der Waals surface area contributed by atoms with Crippen molar-refractivity contribution in [2.24, 2.45) is 0 Å². The summed E-state index contributed by atoms with van der Waals surface area (Å²) in [7, 11) is 0. The van der Waals surface area contributed by atoms with Crippen molar-refractivity contribution in [2.75, 3.05) is 0 Å². The van der Waals surface area contributed by atoms with Gasteiger partial charge in [0.05, 0.1) is 17.8 Å². The molecule has 0 aromatic heterocycles. The Bertz CT molecular complexity index is 159. The van der Waals surface area contributed by atoms with Gasteiger partial charge in [-0.25, -0.2) is 4.79 Å². The maximum atomic E-state index is 10.9. The number of esters is 1. The summed E-state index contributed by atoms with van der Waals surface area (Å²) in [6.07, 6.45) is -1.00. The Kier molecular flexibility index (Phi) is 3.82. The molecule has 0 spiro atoms. The number of ether oxygens (including phenoxy) is 1. The molecule has 0 rings (SSSR count). The fourth-order valence-electron chi connectivity index (χ4n) is 0.460. The molecular formula is C8H14O3. The van der Waals surface area contributed by atoms with E-state index in [1.54, 1.807) is 13.8 Å². The van der Waals surface area contributed by atoms with Gasteiger partial charge in [-0.3, -0.25) is 0 Å². The highest BCUT2D eigenvalue weighted by Crippen LogP contribution is 2.02. The summed E-state index contributed by atoms with van der Waals surface area (Å²) in [5, 5.41) is 8.90. The standard InChI is InChI=1S/C8H14O3/c1-5(2)11-8(10)6(3)7(4)9/h5,7,9H,3H2,1-2,4H3. The minimum absolute atomic E-state index is 0.0960. The number of rotatable bonds is 3. The molecule has 0 radical (unpaired) electrons. The van der Waals surface area contributed by atoms with Gasteiger partial charge in [-0.1, -0.05) is 6.58 Å². The van der Waals surface area contributed by atoms with Crippen LogP contribution in [0.4, 0.5) is 0 Å². The van der Waals surface area contributed by atoms with Crippen LogP contribution in [0.1, 0.15) is 20.8 Å². The van der Waals surface area contributed by atoms with Crippen molar-refractivity contribution in [3.8, 4) is 0 Å². The van der Waals surface area contributed by atoms with Gasteiger partial charge in [-0.2, -0.15) is 0 Å². The van der Waals surface area contributed by atoms with Crippen molar-refractivity contribution in [3.63, 3.8) is 0 Å². The van der Waals surface area contributed by atoms with Gasteiger partial charge in [0.15, 0.2) is 0 Å². The molecule has 0 heterocycles. The smallest absolute Gasteiger partial charge is 0.336 e. The first-order valence-electron chi connectivity index (χ1n) is 3.53. The second kappa shape index (κ2) is 4.13. The number of aliphatic hydroxyl groups excluding tert-OH is 1. The second-order valence-corrected chi connectivity index (χ2v) is 2.66. The molecule has 0 aliphatic heterocycles. The zero-order valence-electron chi connectivity index (χ0n) is 7.13. The van der Waals surface area contributed by atoms with Gasteiger partial charge in [0.2, 0.25) is 0 Å². The average Bonchev–Trinajstić information content (AvgIpc) is 1.84. The van der Waals surface area contributed by atoms with E-state index in [0.717, 1.165) is 0 Å². The topological polar surface area (TPSA) is 46.5 Å². The highest BCUT2D eigenvalue weighted by Gasteiger charge is 2.14. The SMILES string of the molecule is C=C(C(=O)OC(C)C)C(C)O. The molecular weight excluding hydrogens is 144 g/mol. The van der Waals surface area contributed by atoms with E-state index < -0.39 is 12.1 Å². The van der Waals surface area contributed by atoms with E-state index in [-0.39, 0.29) is 11.7 Å². The van der Waals surface area contributed by atoms with Gasteiger partial charge in [0.25, 0.3) is 0 Å². The van der Waals surface area contributed by atoms with Crippen LogP contribution in [0, 0.1) is 0 Å². The Morgan fingerprint density at radius 3 is 2.18 bits per heavy atom. The quantitative estimate of drug-likeness (QED) is 0.489. The average molecular weight is 158 g/mol. The first kappa shape index (κ1) is 10.2. The molecule has 0 fully saturated rings. The molecule has 64 valence electrons. The van der Waals surface area contributed by atoms with E-state index in [0.29, 0.717) is 0 Å². The van der Waals surface area contributed by atoms with Crippen molar-refractivity contribution in [1.29, 1.82) is 0 Å². The predicted molar refractivity (Wildman–Crippen MR) is 42.0 cm³/mol. The molecule has 1 unspecified atom stereocenters. The van der Waals surface area contributed by atoms with Crippen LogP contribution in [0.5, 0.6) is 0 Å². The lowest BCUT2D eigenvalue weighted by atomic mass is 10.2. The van der Waals surface area contributed by atoms with Gasteiger partial charge in [-0.05, 0) is 20.8 Å². The normalized spacial score (nSPS) is 12.8. The molecule has 3 heteroatoms. The number of aliphatic hydroxyl groups is 1. The lowest BCUT2D eigenvalue weighted by Crippen LogP contribution is -2.19. The zero-order chi connectivity index (χ0) is 9.02. The highest BCUT2D eigenvalue weighted by atomic mass is 16.5. The van der Waals surface area contributed by atoms with Crippen LogP contribution in [-0.2, 0) is 9.53 Å². The summed E-state index contributed by atoms with van der Waals surface area (Å²) in [4.78, 5) is 10.9. The molecule has 0 aliphatic rings. The van der Waals surface area contributed by atoms with E-state index >= 15 is 0 Å². The van der Waals surface area contributed by atoms with Gasteiger partial charge in [0, 0.05) is 0 Å². The fraction of sp³-hybridized carbons (Fsp3) is 0.625. The molecule has 0 amide bonds. The Labute approximate surface area is 66.7 Å². The molecule has 1 atom stereocenters. The lowest BCUT2D eigenvalue weighted by Gasteiger charge is -2.10. The third-order valence-electron chi connectivity index (χ3n) is 1.11. The van der Waals surface area contributed by atoms with Crippen LogP contribution in [0.25, 0.3) is 0 Å². The van der Waals surface area contributed by atoms with E-state index in [1.807, 2.05) is 0 Å². The molecule has 3 nitrogen and oxygen atoms in total. The minimum Gasteiger partial charge on any atom is -0.460 e. The monoisotopic (exact) mass is 158 g/mol. The summed E-state index contributed by atoms with van der Waals surface area (Å²) in [6, 6.07) is 0. The third kappa shape index (κ3) is 3.78. The van der Waals surface area contributed by atoms with Crippen LogP contribution in [0.3, 0.4) is 0 Å². The van der Waals surface area contributed by atoms with Gasteiger partial charge in [0.1, 0.15) is 0 Å². The van der Waals surface area contributed by atoms with Crippen LogP contribution in [0.15, 0.2) is 12.2 Å². The Balaban J connectivity index is 3.94. The van der Waals surface area contributed by atoms with Gasteiger partial charge < -0.3 is 9.84 Å². The van der Waals surface area contributed by atoms with Crippen molar-refractivity contribution < 1.29 is 14.6 Å². The molecule has 0 aromatic rings. The summed E-state index contributed by atoms with van der Waals surface area (Å²) >= 11 is 0. The number of carbonyl (C=O) groups is 1. The first-order chi connectivity index (χ1) is 4.95. The second-order valence-electron chi connectivity index (χ2n) is 2.66. The molecule has 0 bridgehead atoms. The van der Waals surface area contributed by atoms with Crippen molar-refractivity contribution >= 4 is 5.97 Å². The molecule has 0 aliphatic carbocycles. The van der Waals surface area contributed by atoms with Crippen LogP contribution in [0.2, 0.25) is 0 Å². The van der Waals surface area contributed by atoms with Gasteiger partial charge in [-0.15, -0.1) is 0 Å². The summed E-state index contributed by atoms with van der Waals surface area (Å²) in [6.45, 7) is 8.35. The highest BCUT2D eigenvalue weighted by molar-refractivity contribution is 5.88. The Hall–Kier alpha value is -0.830. The van der Waals surface area contributed by atoms with E-state index in [2.05, 4.69) is 6.58 Å². The van der Waals surface area contributed by atoms with Crippen molar-refractivity contribution in [3.05, 3.63) is 12.2 Å². The van der Waals surface area contributed by atoms with Crippen molar-refractivity contribution in [1.82, 2.24) is 0 Å². The van der Waals surface area contributed by atoms with Crippen LogP contribution < -0.4 is 0 Å². The number of hydrogen-bond acceptors (Lipinski definition) is 3. The summed E-state index contributed by atoms with van der Waals surface area (Å²) in [5.74, 6) is -0.532. The van der Waals surface area contributed by atoms with Crippen LogP contribution >= 0.6 is 0 Å². The molecule has 0 saturated carbocycles. The first-order valence-corrected chi connectivity index (χ1v) is 3.53. The van der Waals surface area contributed by atoms with Crippen molar-refractivity contribution in [2.45, 2.75) is 33.0 Å². The molecule has 0 aromatic carbocycles. The van der Waals surface area contributed by atoms with Crippen LogP contribution in [-0.4, -0.2) is 23.3 Å². The predicted octanol–water partition coefficient (Wildman–Crippen LogP) is 0.875. The van der Waals surface area contributed by atoms with E-state index in [4.69, 9.17) is 9.84 Å². The Morgan fingerprint density at radius 2 is 1.91 bits per heavy atom. The maximum absolute atomic E-state index is 10.9. The number of hydrogen-bond donors (Lipinski definition) is 1. The third-order valence-corrected chi connectivity index (χ3v) is 1.11. The lowest BCUT2D eigenvalue weighted by molar-refractivity contribution is -0.143. The minimum atomic E-state index is -0.832. The van der Waals surface area contributed by atoms with E-state index in [1.165, 1.54) is 6.92 Å². The summed E-state index contributed by atoms with van der Waals surface area (Å²) < 4.78 is 4.77. The Morgan fingerprint density at radius 1 is 1.45 bits per heavy atom. The number of carbonyl (C=O) groups excluding carboxylic acids is 1. The maximum Gasteiger partial charge on any atom is 0.336 e.